The highest BCUT2D eigenvalue weighted by atomic mass is 32.2. The molecule has 3 aromatic rings. The topological polar surface area (TPSA) is 90.3 Å². The van der Waals surface area contributed by atoms with E-state index < -0.39 is 9.84 Å². The van der Waals surface area contributed by atoms with Gasteiger partial charge >= 0.3 is 0 Å². The number of nitrogen functional groups attached to an aromatic ring is 1. The van der Waals surface area contributed by atoms with E-state index in [4.69, 9.17) is 5.73 Å². The minimum absolute atomic E-state index is 0.199. The van der Waals surface area contributed by atoms with Crippen LogP contribution in [0.5, 0.6) is 0 Å². The Balaban J connectivity index is 2.16. The normalized spacial score (nSPS) is 11.8. The molecule has 0 unspecified atom stereocenters. The number of nitrogens with two attached hydrogens (primary N) is 1. The Morgan fingerprint density at radius 2 is 1.80 bits per heavy atom. The van der Waals surface area contributed by atoms with Crippen molar-refractivity contribution >= 4 is 21.4 Å². The van der Waals surface area contributed by atoms with Crippen LogP contribution in [0.15, 0.2) is 47.4 Å². The van der Waals surface area contributed by atoms with Crippen molar-refractivity contribution in [2.24, 2.45) is 0 Å². The van der Waals surface area contributed by atoms with Gasteiger partial charge in [0.05, 0.1) is 10.6 Å². The molecule has 102 valence electrons. The molecule has 0 saturated heterocycles. The Bertz CT molecular complexity index is 882. The number of hydrogen-bond donors (Lipinski definition) is 1. The minimum atomic E-state index is -3.19. The molecule has 0 aliphatic rings. The van der Waals surface area contributed by atoms with Crippen molar-refractivity contribution in [3.63, 3.8) is 0 Å². The minimum Gasteiger partial charge on any atom is -0.366 e. The van der Waals surface area contributed by atoms with E-state index in [9.17, 15) is 8.42 Å². The van der Waals surface area contributed by atoms with E-state index in [1.165, 1.54) is 6.26 Å². The van der Waals surface area contributed by atoms with Crippen molar-refractivity contribution in [3.05, 3.63) is 42.5 Å². The maximum absolute atomic E-state index is 11.5. The summed E-state index contributed by atoms with van der Waals surface area (Å²) in [5.41, 5.74) is 7.88. The van der Waals surface area contributed by atoms with E-state index in [0.717, 1.165) is 11.3 Å². The van der Waals surface area contributed by atoms with Crippen LogP contribution in [0.4, 0.5) is 5.95 Å². The van der Waals surface area contributed by atoms with Gasteiger partial charge in [0.15, 0.2) is 15.5 Å². The Morgan fingerprint density at radius 3 is 2.45 bits per heavy atom. The van der Waals surface area contributed by atoms with Crippen molar-refractivity contribution in [1.29, 1.82) is 0 Å². The molecule has 2 aromatic heterocycles. The van der Waals surface area contributed by atoms with Crippen LogP contribution in [0.2, 0.25) is 0 Å². The zero-order valence-corrected chi connectivity index (χ0v) is 11.5. The predicted octanol–water partition coefficient (Wildman–Crippen LogP) is 1.38. The fraction of sp³-hybridized carbons (Fsp3) is 0.0769. The van der Waals surface area contributed by atoms with Crippen LogP contribution in [0.1, 0.15) is 0 Å². The highest BCUT2D eigenvalue weighted by Crippen LogP contribution is 2.22. The lowest BCUT2D eigenvalue weighted by atomic mass is 10.1. The first-order valence-corrected chi connectivity index (χ1v) is 7.76. The Morgan fingerprint density at radius 1 is 1.10 bits per heavy atom. The van der Waals surface area contributed by atoms with Gasteiger partial charge in [-0.15, -0.1) is 5.10 Å². The molecule has 0 bridgehead atoms. The zero-order chi connectivity index (χ0) is 14.3. The first kappa shape index (κ1) is 12.6. The monoisotopic (exact) mass is 288 g/mol. The van der Waals surface area contributed by atoms with Gasteiger partial charge in [-0.2, -0.15) is 4.98 Å². The molecule has 0 aliphatic heterocycles. The number of sulfone groups is 1. The van der Waals surface area contributed by atoms with Crippen LogP contribution in [-0.2, 0) is 9.84 Å². The van der Waals surface area contributed by atoms with Crippen LogP contribution in [0.3, 0.4) is 0 Å². The molecule has 20 heavy (non-hydrogen) atoms. The van der Waals surface area contributed by atoms with Crippen LogP contribution >= 0.6 is 0 Å². The summed E-state index contributed by atoms with van der Waals surface area (Å²) in [6.07, 6.45) is 1.18. The van der Waals surface area contributed by atoms with Gasteiger partial charge in [-0.1, -0.05) is 18.2 Å². The van der Waals surface area contributed by atoms with Crippen LogP contribution in [0, 0.1) is 0 Å². The summed E-state index contributed by atoms with van der Waals surface area (Å²) in [5.74, 6) is 0.199. The van der Waals surface area contributed by atoms with Crippen LogP contribution < -0.4 is 5.73 Å². The molecule has 7 heteroatoms. The maximum Gasteiger partial charge on any atom is 0.240 e. The molecule has 0 atom stereocenters. The second-order valence-corrected chi connectivity index (χ2v) is 6.46. The summed E-state index contributed by atoms with van der Waals surface area (Å²) in [5, 5.41) is 4.13. The summed E-state index contributed by atoms with van der Waals surface area (Å²) < 4.78 is 24.5. The smallest absolute Gasteiger partial charge is 0.240 e. The largest absolute Gasteiger partial charge is 0.366 e. The van der Waals surface area contributed by atoms with Crippen LogP contribution in [0.25, 0.3) is 16.9 Å². The third-order valence-corrected chi connectivity index (χ3v) is 4.08. The maximum atomic E-state index is 11.5. The highest BCUT2D eigenvalue weighted by molar-refractivity contribution is 7.90. The predicted molar refractivity (Wildman–Crippen MR) is 75.9 cm³/mol. The molecule has 0 spiro atoms. The number of hydrogen-bond acceptors (Lipinski definition) is 5. The summed E-state index contributed by atoms with van der Waals surface area (Å²) in [6, 6.07) is 12.1. The summed E-state index contributed by atoms with van der Waals surface area (Å²) in [6.45, 7) is 0. The molecule has 1 aromatic carbocycles. The Labute approximate surface area is 115 Å². The van der Waals surface area contributed by atoms with Gasteiger partial charge in [0.2, 0.25) is 5.95 Å². The molecule has 0 radical (unpaired) electrons. The van der Waals surface area contributed by atoms with E-state index in [1.807, 2.05) is 12.1 Å². The number of benzene rings is 1. The molecular weight excluding hydrogens is 276 g/mol. The Kier molecular flexibility index (Phi) is 2.72. The van der Waals surface area contributed by atoms with Gasteiger partial charge in [0.25, 0.3) is 0 Å². The van der Waals surface area contributed by atoms with E-state index in [-0.39, 0.29) is 10.8 Å². The molecule has 3 rings (SSSR count). The standard InChI is InChI=1S/C13H12N4O2S/c1-20(18,19)10-7-5-9(6-8-10)11-3-2-4-12-15-13(14)16-17(11)12/h2-8H,1H3,(H2,14,16). The third-order valence-electron chi connectivity index (χ3n) is 2.95. The summed E-state index contributed by atoms with van der Waals surface area (Å²) >= 11 is 0. The molecule has 2 N–H and O–H groups in total. The zero-order valence-electron chi connectivity index (χ0n) is 10.7. The number of anilines is 1. The SMILES string of the molecule is CS(=O)(=O)c1ccc(-c2cccc3nc(N)nn23)cc1. The second-order valence-electron chi connectivity index (χ2n) is 4.45. The highest BCUT2D eigenvalue weighted by Gasteiger charge is 2.10. The van der Waals surface area contributed by atoms with Crippen molar-refractivity contribution in [2.45, 2.75) is 4.90 Å². The first-order valence-electron chi connectivity index (χ1n) is 5.87. The lowest BCUT2D eigenvalue weighted by Gasteiger charge is -2.05. The molecule has 0 aliphatic carbocycles. The van der Waals surface area contributed by atoms with E-state index in [0.29, 0.717) is 5.65 Å². The molecule has 6 nitrogen and oxygen atoms in total. The van der Waals surface area contributed by atoms with Crippen LogP contribution in [-0.4, -0.2) is 29.3 Å². The quantitative estimate of drug-likeness (QED) is 0.769. The Hall–Kier alpha value is -2.41. The van der Waals surface area contributed by atoms with Crippen molar-refractivity contribution in [1.82, 2.24) is 14.6 Å². The number of fused-ring (bicyclic) bond motifs is 1. The lowest BCUT2D eigenvalue weighted by Crippen LogP contribution is -1.98. The number of pyridine rings is 1. The van der Waals surface area contributed by atoms with E-state index in [2.05, 4.69) is 10.1 Å². The van der Waals surface area contributed by atoms with E-state index >= 15 is 0 Å². The molecule has 0 amide bonds. The van der Waals surface area contributed by atoms with Crippen molar-refractivity contribution in [3.8, 4) is 11.3 Å². The van der Waals surface area contributed by atoms with Gasteiger partial charge in [0, 0.05) is 11.8 Å². The van der Waals surface area contributed by atoms with Crippen molar-refractivity contribution < 1.29 is 8.42 Å². The lowest BCUT2D eigenvalue weighted by molar-refractivity contribution is 0.602. The number of rotatable bonds is 2. The first-order chi connectivity index (χ1) is 9.45. The van der Waals surface area contributed by atoms with Gasteiger partial charge < -0.3 is 5.73 Å². The average Bonchev–Trinajstić information content (AvgIpc) is 2.78. The third kappa shape index (κ3) is 2.12. The summed E-state index contributed by atoms with van der Waals surface area (Å²) in [4.78, 5) is 4.37. The fourth-order valence-electron chi connectivity index (χ4n) is 2.01. The van der Waals surface area contributed by atoms with Crippen molar-refractivity contribution in [2.75, 3.05) is 12.0 Å². The molecule has 0 saturated carbocycles. The van der Waals surface area contributed by atoms with Gasteiger partial charge in [0.1, 0.15) is 0 Å². The molecule has 0 fully saturated rings. The number of nitrogens with zero attached hydrogens (tertiary/aromatic N) is 3. The number of aromatic nitrogens is 3. The van der Waals surface area contributed by atoms with Gasteiger partial charge in [-0.05, 0) is 24.3 Å². The average molecular weight is 288 g/mol. The fourth-order valence-corrected chi connectivity index (χ4v) is 2.64. The van der Waals surface area contributed by atoms with E-state index in [1.54, 1.807) is 34.8 Å². The van der Waals surface area contributed by atoms with Gasteiger partial charge in [-0.3, -0.25) is 0 Å². The molecule has 2 heterocycles. The second kappa shape index (κ2) is 4.31. The molecular formula is C13H12N4O2S. The van der Waals surface area contributed by atoms with Gasteiger partial charge in [-0.25, -0.2) is 12.9 Å². The summed E-state index contributed by atoms with van der Waals surface area (Å²) in [7, 11) is -3.19.